The number of aryl methyl sites for hydroxylation is 1. The number of furan rings is 1. The summed E-state index contributed by atoms with van der Waals surface area (Å²) in [5.74, 6) is 1.01. The molecule has 18 heavy (non-hydrogen) atoms. The summed E-state index contributed by atoms with van der Waals surface area (Å²) in [6.45, 7) is 7.52. The second kappa shape index (κ2) is 5.33. The molecule has 0 radical (unpaired) electrons. The predicted octanol–water partition coefficient (Wildman–Crippen LogP) is 4.41. The first-order valence-electron chi connectivity index (χ1n) is 6.38. The van der Waals surface area contributed by atoms with E-state index in [2.05, 4.69) is 32.2 Å². The summed E-state index contributed by atoms with van der Waals surface area (Å²) in [5, 5.41) is 5.24. The number of para-hydroxylation sites is 1. The average molecular weight is 266 g/mol. The molecule has 3 heteroatoms. The third-order valence-electron chi connectivity index (χ3n) is 2.80. The second-order valence-electron chi connectivity index (χ2n) is 5.65. The standard InChI is InChI=1S/C15H20ClNO/c1-15(2,3)17-9-5-7-12-10-11-6-4-8-13(16)14(11)18-12/h4,6,8,10,17H,5,7,9H2,1-3H3. The molecule has 0 atom stereocenters. The van der Waals surface area contributed by atoms with Gasteiger partial charge in [0.1, 0.15) is 5.76 Å². The Balaban J connectivity index is 1.94. The van der Waals surface area contributed by atoms with Gasteiger partial charge in [-0.1, -0.05) is 23.7 Å². The molecule has 1 heterocycles. The number of fused-ring (bicyclic) bond motifs is 1. The largest absolute Gasteiger partial charge is 0.460 e. The molecule has 0 fully saturated rings. The minimum Gasteiger partial charge on any atom is -0.460 e. The van der Waals surface area contributed by atoms with Gasteiger partial charge >= 0.3 is 0 Å². The van der Waals surface area contributed by atoms with Crippen molar-refractivity contribution in [3.63, 3.8) is 0 Å². The first-order valence-corrected chi connectivity index (χ1v) is 6.75. The van der Waals surface area contributed by atoms with Gasteiger partial charge in [-0.15, -0.1) is 0 Å². The Kier molecular flexibility index (Phi) is 3.98. The first kappa shape index (κ1) is 13.4. The molecule has 0 saturated carbocycles. The van der Waals surface area contributed by atoms with Crippen molar-refractivity contribution >= 4 is 22.6 Å². The molecular formula is C15H20ClNO. The van der Waals surface area contributed by atoms with E-state index >= 15 is 0 Å². The number of hydrogen-bond acceptors (Lipinski definition) is 2. The molecule has 2 aromatic rings. The lowest BCUT2D eigenvalue weighted by atomic mass is 10.1. The Labute approximate surface area is 113 Å². The van der Waals surface area contributed by atoms with E-state index in [1.165, 1.54) is 0 Å². The topological polar surface area (TPSA) is 25.2 Å². The fraction of sp³-hybridized carbons (Fsp3) is 0.467. The van der Waals surface area contributed by atoms with Crippen LogP contribution in [-0.4, -0.2) is 12.1 Å². The van der Waals surface area contributed by atoms with E-state index in [0.29, 0.717) is 5.02 Å². The molecule has 0 aliphatic carbocycles. The number of benzene rings is 1. The van der Waals surface area contributed by atoms with E-state index in [0.717, 1.165) is 36.1 Å². The highest BCUT2D eigenvalue weighted by molar-refractivity contribution is 6.34. The Morgan fingerprint density at radius 3 is 2.72 bits per heavy atom. The van der Waals surface area contributed by atoms with Gasteiger partial charge in [0, 0.05) is 17.3 Å². The molecule has 1 aromatic carbocycles. The predicted molar refractivity (Wildman–Crippen MR) is 77.3 cm³/mol. The minimum atomic E-state index is 0.178. The van der Waals surface area contributed by atoms with E-state index in [9.17, 15) is 0 Å². The maximum Gasteiger partial charge on any atom is 0.152 e. The zero-order valence-corrected chi connectivity index (χ0v) is 12.0. The molecule has 0 spiro atoms. The highest BCUT2D eigenvalue weighted by Crippen LogP contribution is 2.26. The van der Waals surface area contributed by atoms with Crippen LogP contribution in [0.1, 0.15) is 33.0 Å². The number of halogens is 1. The van der Waals surface area contributed by atoms with Gasteiger partial charge < -0.3 is 9.73 Å². The lowest BCUT2D eigenvalue weighted by molar-refractivity contribution is 0.416. The Bertz CT molecular complexity index is 525. The summed E-state index contributed by atoms with van der Waals surface area (Å²) in [4.78, 5) is 0. The molecule has 0 aliphatic rings. The number of nitrogens with one attached hydrogen (secondary N) is 1. The molecule has 98 valence electrons. The van der Waals surface area contributed by atoms with Crippen molar-refractivity contribution in [1.29, 1.82) is 0 Å². The van der Waals surface area contributed by atoms with Gasteiger partial charge in [0.2, 0.25) is 0 Å². The van der Waals surface area contributed by atoms with E-state index in [1.807, 2.05) is 18.2 Å². The van der Waals surface area contributed by atoms with Crippen molar-refractivity contribution in [3.05, 3.63) is 35.0 Å². The Hall–Kier alpha value is -0.990. The summed E-state index contributed by atoms with van der Waals surface area (Å²) >= 11 is 6.09. The zero-order chi connectivity index (χ0) is 13.2. The summed E-state index contributed by atoms with van der Waals surface area (Å²) in [7, 11) is 0. The summed E-state index contributed by atoms with van der Waals surface area (Å²) in [6, 6.07) is 7.92. The number of hydrogen-bond donors (Lipinski definition) is 1. The molecule has 0 aliphatic heterocycles. The monoisotopic (exact) mass is 265 g/mol. The van der Waals surface area contributed by atoms with Crippen molar-refractivity contribution in [3.8, 4) is 0 Å². The lowest BCUT2D eigenvalue weighted by Gasteiger charge is -2.20. The maximum absolute atomic E-state index is 6.09. The van der Waals surface area contributed by atoms with Gasteiger partial charge in [-0.3, -0.25) is 0 Å². The molecule has 1 aromatic heterocycles. The molecule has 0 amide bonds. The van der Waals surface area contributed by atoms with Gasteiger partial charge in [-0.2, -0.15) is 0 Å². The van der Waals surface area contributed by atoms with Crippen LogP contribution in [-0.2, 0) is 6.42 Å². The van der Waals surface area contributed by atoms with Crippen LogP contribution in [0.2, 0.25) is 5.02 Å². The van der Waals surface area contributed by atoms with Crippen LogP contribution in [0.15, 0.2) is 28.7 Å². The van der Waals surface area contributed by atoms with E-state index in [1.54, 1.807) is 0 Å². The first-order chi connectivity index (χ1) is 8.46. The van der Waals surface area contributed by atoms with Crippen LogP contribution in [0.4, 0.5) is 0 Å². The molecular weight excluding hydrogens is 246 g/mol. The van der Waals surface area contributed by atoms with E-state index in [-0.39, 0.29) is 5.54 Å². The second-order valence-corrected chi connectivity index (χ2v) is 6.06. The lowest BCUT2D eigenvalue weighted by Crippen LogP contribution is -2.36. The summed E-state index contributed by atoms with van der Waals surface area (Å²) < 4.78 is 5.77. The van der Waals surface area contributed by atoms with Gasteiger partial charge in [0.25, 0.3) is 0 Å². The third-order valence-corrected chi connectivity index (χ3v) is 3.10. The summed E-state index contributed by atoms with van der Waals surface area (Å²) in [6.07, 6.45) is 2.00. The van der Waals surface area contributed by atoms with Gasteiger partial charge in [-0.05, 0) is 45.9 Å². The maximum atomic E-state index is 6.09. The van der Waals surface area contributed by atoms with Crippen LogP contribution >= 0.6 is 11.6 Å². The van der Waals surface area contributed by atoms with Crippen molar-refractivity contribution < 1.29 is 4.42 Å². The molecule has 2 rings (SSSR count). The Morgan fingerprint density at radius 1 is 1.28 bits per heavy atom. The van der Waals surface area contributed by atoms with Crippen LogP contribution in [0, 0.1) is 0 Å². The normalized spacial score (nSPS) is 12.2. The average Bonchev–Trinajstić information content (AvgIpc) is 2.68. The highest BCUT2D eigenvalue weighted by atomic mass is 35.5. The van der Waals surface area contributed by atoms with E-state index < -0.39 is 0 Å². The van der Waals surface area contributed by atoms with Crippen molar-refractivity contribution in [2.45, 2.75) is 39.2 Å². The van der Waals surface area contributed by atoms with Gasteiger partial charge in [0.05, 0.1) is 5.02 Å². The van der Waals surface area contributed by atoms with Crippen LogP contribution in [0.5, 0.6) is 0 Å². The van der Waals surface area contributed by atoms with Crippen molar-refractivity contribution in [2.24, 2.45) is 0 Å². The molecule has 2 nitrogen and oxygen atoms in total. The Morgan fingerprint density at radius 2 is 2.06 bits per heavy atom. The molecule has 0 bridgehead atoms. The smallest absolute Gasteiger partial charge is 0.152 e. The SMILES string of the molecule is CC(C)(C)NCCCc1cc2cccc(Cl)c2o1. The zero-order valence-electron chi connectivity index (χ0n) is 11.2. The fourth-order valence-corrected chi connectivity index (χ4v) is 2.15. The van der Waals surface area contributed by atoms with Crippen LogP contribution < -0.4 is 5.32 Å². The van der Waals surface area contributed by atoms with Crippen molar-refractivity contribution in [1.82, 2.24) is 5.32 Å². The minimum absolute atomic E-state index is 0.178. The van der Waals surface area contributed by atoms with Crippen LogP contribution in [0.3, 0.4) is 0 Å². The summed E-state index contributed by atoms with van der Waals surface area (Å²) in [5.41, 5.74) is 0.981. The highest BCUT2D eigenvalue weighted by Gasteiger charge is 2.09. The van der Waals surface area contributed by atoms with E-state index in [4.69, 9.17) is 16.0 Å². The van der Waals surface area contributed by atoms with Gasteiger partial charge in [-0.25, -0.2) is 0 Å². The van der Waals surface area contributed by atoms with Gasteiger partial charge in [0.15, 0.2) is 5.58 Å². The van der Waals surface area contributed by atoms with Crippen LogP contribution in [0.25, 0.3) is 11.0 Å². The number of rotatable bonds is 4. The molecule has 0 unspecified atom stereocenters. The fourth-order valence-electron chi connectivity index (χ4n) is 1.93. The quantitative estimate of drug-likeness (QED) is 0.829. The molecule has 0 saturated heterocycles. The van der Waals surface area contributed by atoms with Crippen molar-refractivity contribution in [2.75, 3.05) is 6.54 Å². The molecule has 1 N–H and O–H groups in total. The third kappa shape index (κ3) is 3.50.